The molecule has 1 aliphatic heterocycles. The van der Waals surface area contributed by atoms with Gasteiger partial charge < -0.3 is 15.0 Å². The topological polar surface area (TPSA) is 84.4 Å². The summed E-state index contributed by atoms with van der Waals surface area (Å²) in [4.78, 5) is 35.2. The van der Waals surface area contributed by atoms with E-state index in [2.05, 4.69) is 32.3 Å². The Balaban J connectivity index is 1.54. The van der Waals surface area contributed by atoms with Gasteiger partial charge in [-0.15, -0.1) is 0 Å². The zero-order valence-corrected chi connectivity index (χ0v) is 16.0. The van der Waals surface area contributed by atoms with Crippen LogP contribution in [0.1, 0.15) is 32.0 Å². The first kappa shape index (κ1) is 18.6. The lowest BCUT2D eigenvalue weighted by Gasteiger charge is -2.29. The summed E-state index contributed by atoms with van der Waals surface area (Å²) in [7, 11) is 1.30. The summed E-state index contributed by atoms with van der Waals surface area (Å²) in [6.45, 7) is 1.56. The summed E-state index contributed by atoms with van der Waals surface area (Å²) in [6.07, 6.45) is 2.31. The third kappa shape index (κ3) is 3.94. The summed E-state index contributed by atoms with van der Waals surface area (Å²) in [5, 5.41) is 2.74. The summed E-state index contributed by atoms with van der Waals surface area (Å²) in [6, 6.07) is 16.7. The number of carbonyl (C=O) groups is 2. The molecule has 7 nitrogen and oxygen atoms in total. The highest BCUT2D eigenvalue weighted by atomic mass is 16.5. The smallest absolute Gasteiger partial charge is 0.339 e. The molecule has 0 atom stereocenters. The molecule has 1 N–H and O–H groups in total. The highest BCUT2D eigenvalue weighted by Crippen LogP contribution is 2.23. The van der Waals surface area contributed by atoms with Crippen LogP contribution in [0.25, 0.3) is 0 Å². The minimum Gasteiger partial charge on any atom is -0.465 e. The molecular weight excluding hydrogens is 368 g/mol. The number of para-hydroxylation sites is 1. The Morgan fingerprint density at radius 2 is 1.79 bits per heavy atom. The third-order valence-corrected chi connectivity index (χ3v) is 4.92. The van der Waals surface area contributed by atoms with Crippen molar-refractivity contribution in [2.75, 3.05) is 23.9 Å². The molecule has 1 aliphatic rings. The number of ether oxygens (including phenoxy) is 1. The van der Waals surface area contributed by atoms with Gasteiger partial charge in [-0.05, 0) is 29.7 Å². The zero-order chi connectivity index (χ0) is 20.2. The number of esters is 1. The van der Waals surface area contributed by atoms with Gasteiger partial charge in [0.1, 0.15) is 17.8 Å². The number of hydrogen-bond donors (Lipinski definition) is 1. The number of nitrogens with one attached hydrogen (secondary N) is 1. The normalized spacial score (nSPS) is 12.8. The lowest BCUT2D eigenvalue weighted by atomic mass is 10.00. The van der Waals surface area contributed by atoms with Crippen LogP contribution < -0.4 is 10.2 Å². The molecule has 0 fully saturated rings. The number of amides is 1. The van der Waals surface area contributed by atoms with E-state index >= 15 is 0 Å². The maximum Gasteiger partial charge on any atom is 0.339 e. The van der Waals surface area contributed by atoms with Gasteiger partial charge in [-0.3, -0.25) is 4.79 Å². The fourth-order valence-corrected chi connectivity index (χ4v) is 3.40. The third-order valence-electron chi connectivity index (χ3n) is 4.92. The van der Waals surface area contributed by atoms with Crippen LogP contribution in [0.5, 0.6) is 0 Å². The Morgan fingerprint density at radius 3 is 2.62 bits per heavy atom. The van der Waals surface area contributed by atoms with E-state index < -0.39 is 11.9 Å². The molecule has 1 amide bonds. The fourth-order valence-electron chi connectivity index (χ4n) is 3.40. The first-order chi connectivity index (χ1) is 14.2. The van der Waals surface area contributed by atoms with Gasteiger partial charge >= 0.3 is 5.97 Å². The van der Waals surface area contributed by atoms with Crippen molar-refractivity contribution in [2.24, 2.45) is 0 Å². The van der Waals surface area contributed by atoms with Crippen LogP contribution in [0.15, 0.2) is 60.9 Å². The fraction of sp³-hybridized carbons (Fsp3) is 0.182. The lowest BCUT2D eigenvalue weighted by molar-refractivity contribution is 0.0602. The quantitative estimate of drug-likeness (QED) is 0.692. The van der Waals surface area contributed by atoms with E-state index in [1.54, 1.807) is 30.3 Å². The molecule has 7 heteroatoms. The number of rotatable bonds is 4. The lowest BCUT2D eigenvalue weighted by Crippen LogP contribution is -2.31. The van der Waals surface area contributed by atoms with Crippen LogP contribution in [-0.2, 0) is 17.7 Å². The summed E-state index contributed by atoms with van der Waals surface area (Å²) in [5.74, 6) is -0.237. The molecule has 1 aromatic heterocycles. The maximum absolute atomic E-state index is 12.7. The number of anilines is 2. The van der Waals surface area contributed by atoms with Crippen molar-refractivity contribution in [2.45, 2.75) is 13.0 Å². The van der Waals surface area contributed by atoms with Crippen LogP contribution >= 0.6 is 0 Å². The molecule has 0 bridgehead atoms. The molecule has 29 heavy (non-hydrogen) atoms. The van der Waals surface area contributed by atoms with Crippen molar-refractivity contribution in [1.29, 1.82) is 0 Å². The van der Waals surface area contributed by atoms with Crippen LogP contribution in [0.4, 0.5) is 11.5 Å². The van der Waals surface area contributed by atoms with Gasteiger partial charge in [-0.2, -0.15) is 0 Å². The minimum absolute atomic E-state index is 0.230. The number of hydrogen-bond acceptors (Lipinski definition) is 6. The molecule has 0 aliphatic carbocycles. The van der Waals surface area contributed by atoms with E-state index in [0.717, 1.165) is 19.5 Å². The van der Waals surface area contributed by atoms with Crippen molar-refractivity contribution in [3.05, 3.63) is 83.3 Å². The van der Waals surface area contributed by atoms with Crippen molar-refractivity contribution in [3.63, 3.8) is 0 Å². The number of fused-ring (bicyclic) bond motifs is 1. The standard InChI is InChI=1S/C22H20N4O3/c1-29-22(28)17-8-4-5-9-18(17)25-21(27)19-12-20(24-14-23-19)26-11-10-15-6-2-3-7-16(15)13-26/h2-9,12,14H,10-11,13H2,1H3,(H,25,27). The van der Waals surface area contributed by atoms with Crippen molar-refractivity contribution in [3.8, 4) is 0 Å². The highest BCUT2D eigenvalue weighted by Gasteiger charge is 2.20. The maximum atomic E-state index is 12.7. The van der Waals surface area contributed by atoms with Crippen molar-refractivity contribution < 1.29 is 14.3 Å². The molecule has 3 aromatic rings. The SMILES string of the molecule is COC(=O)c1ccccc1NC(=O)c1cc(N2CCc3ccccc3C2)ncn1. The Bertz CT molecular complexity index is 1070. The van der Waals surface area contributed by atoms with Gasteiger partial charge in [0.25, 0.3) is 5.91 Å². The zero-order valence-electron chi connectivity index (χ0n) is 16.0. The molecule has 2 heterocycles. The molecule has 4 rings (SSSR count). The molecule has 0 unspecified atom stereocenters. The van der Waals surface area contributed by atoms with Gasteiger partial charge in [-0.1, -0.05) is 36.4 Å². The van der Waals surface area contributed by atoms with Gasteiger partial charge in [-0.25, -0.2) is 14.8 Å². The van der Waals surface area contributed by atoms with E-state index in [4.69, 9.17) is 4.74 Å². The average Bonchev–Trinajstić information content (AvgIpc) is 2.78. The van der Waals surface area contributed by atoms with Crippen LogP contribution in [0, 0.1) is 0 Å². The minimum atomic E-state index is -0.517. The van der Waals surface area contributed by atoms with E-state index in [0.29, 0.717) is 11.5 Å². The molecule has 0 saturated carbocycles. The predicted molar refractivity (Wildman–Crippen MR) is 109 cm³/mol. The Hall–Kier alpha value is -3.74. The number of nitrogens with zero attached hydrogens (tertiary/aromatic N) is 3. The van der Waals surface area contributed by atoms with Gasteiger partial charge in [0.05, 0.1) is 18.4 Å². The summed E-state index contributed by atoms with van der Waals surface area (Å²) in [5.41, 5.74) is 3.49. The summed E-state index contributed by atoms with van der Waals surface area (Å²) >= 11 is 0. The number of carbonyl (C=O) groups excluding carboxylic acids is 2. The largest absolute Gasteiger partial charge is 0.465 e. The predicted octanol–water partition coefficient (Wildman–Crippen LogP) is 3.08. The van der Waals surface area contributed by atoms with Crippen LogP contribution in [-0.4, -0.2) is 35.5 Å². The van der Waals surface area contributed by atoms with E-state index in [1.165, 1.54) is 24.6 Å². The van der Waals surface area contributed by atoms with Crippen molar-refractivity contribution >= 4 is 23.4 Å². The Labute approximate surface area is 168 Å². The first-order valence-electron chi connectivity index (χ1n) is 9.28. The monoisotopic (exact) mass is 388 g/mol. The van der Waals surface area contributed by atoms with Crippen molar-refractivity contribution in [1.82, 2.24) is 9.97 Å². The number of benzene rings is 2. The second-order valence-electron chi connectivity index (χ2n) is 6.69. The first-order valence-corrected chi connectivity index (χ1v) is 9.28. The molecule has 2 aromatic carbocycles. The molecule has 146 valence electrons. The van der Waals surface area contributed by atoms with Gasteiger partial charge in [0, 0.05) is 19.2 Å². The molecule has 0 spiro atoms. The Morgan fingerprint density at radius 1 is 1.03 bits per heavy atom. The van der Waals surface area contributed by atoms with Gasteiger partial charge in [0.2, 0.25) is 0 Å². The van der Waals surface area contributed by atoms with E-state index in [1.807, 2.05) is 12.1 Å². The second kappa shape index (κ2) is 8.10. The van der Waals surface area contributed by atoms with Gasteiger partial charge in [0.15, 0.2) is 0 Å². The van der Waals surface area contributed by atoms with Crippen LogP contribution in [0.2, 0.25) is 0 Å². The second-order valence-corrected chi connectivity index (χ2v) is 6.69. The highest BCUT2D eigenvalue weighted by molar-refractivity contribution is 6.07. The average molecular weight is 388 g/mol. The number of aromatic nitrogens is 2. The van der Waals surface area contributed by atoms with E-state index in [-0.39, 0.29) is 11.3 Å². The molecular formula is C22H20N4O3. The number of methoxy groups -OCH3 is 1. The Kier molecular flexibility index (Phi) is 5.20. The molecule has 0 saturated heterocycles. The summed E-state index contributed by atoms with van der Waals surface area (Å²) < 4.78 is 4.77. The van der Waals surface area contributed by atoms with E-state index in [9.17, 15) is 9.59 Å². The van der Waals surface area contributed by atoms with Crippen LogP contribution in [0.3, 0.4) is 0 Å². The molecule has 0 radical (unpaired) electrons.